The number of benzene rings is 4. The van der Waals surface area contributed by atoms with Crippen LogP contribution in [0.25, 0.3) is 22.2 Å². The third-order valence-electron chi connectivity index (χ3n) is 14.8. The van der Waals surface area contributed by atoms with Crippen molar-refractivity contribution < 1.29 is 23.5 Å². The maximum Gasteiger partial charge on any atom is 0.495 e. The minimum atomic E-state index is -0.375. The van der Waals surface area contributed by atoms with Crippen LogP contribution >= 0.6 is 0 Å². The van der Waals surface area contributed by atoms with Gasteiger partial charge < -0.3 is 28.4 Å². The molecule has 4 aromatic carbocycles. The normalized spacial score (nSPS) is 20.1. The first-order chi connectivity index (χ1) is 31.9. The fourth-order valence-corrected chi connectivity index (χ4v) is 9.90. The summed E-state index contributed by atoms with van der Waals surface area (Å²) in [6.45, 7) is 18.0. The zero-order chi connectivity index (χ0) is 45.8. The Kier molecular flexibility index (Phi) is 13.8. The monoisotopic (exact) mass is 890 g/mol. The van der Waals surface area contributed by atoms with Crippen molar-refractivity contribution in [3.05, 3.63) is 126 Å². The summed E-state index contributed by atoms with van der Waals surface area (Å²) in [5.41, 5.74) is 7.62. The fraction of sp³-hybridized carbons (Fsp3) is 0.455. The van der Waals surface area contributed by atoms with Crippen LogP contribution in [0.3, 0.4) is 0 Å². The van der Waals surface area contributed by atoms with Crippen molar-refractivity contribution in [2.45, 2.75) is 123 Å². The van der Waals surface area contributed by atoms with E-state index in [0.29, 0.717) is 31.0 Å². The number of hydrogen-bond acceptors (Lipinski definition) is 9. The van der Waals surface area contributed by atoms with Crippen LogP contribution in [0.2, 0.25) is 0 Å². The van der Waals surface area contributed by atoms with Crippen molar-refractivity contribution in [2.24, 2.45) is 13.0 Å². The summed E-state index contributed by atoms with van der Waals surface area (Å²) < 4.78 is 33.9. The smallest absolute Gasteiger partial charge is 0.490 e. The Morgan fingerprint density at radius 2 is 1.42 bits per heavy atom. The Morgan fingerprint density at radius 1 is 0.758 bits per heavy atom. The highest BCUT2D eigenvalue weighted by Crippen LogP contribution is 2.39. The SMILES string of the molecule is Cc1c(OC2CCC(CCC[C@H](C)N3CCN(c4ccc5c(-c6ccc(OCc7ccccc7)nc6OCc6ccccc6)nn(C)c5c4)CC3)CC2)cccc1B1OC(C)(C)C(C)(C)O1. The number of pyridine rings is 1. The number of piperazine rings is 1. The van der Waals surface area contributed by atoms with Gasteiger partial charge in [0, 0.05) is 56.4 Å². The summed E-state index contributed by atoms with van der Waals surface area (Å²) in [6.07, 6.45) is 8.83. The molecule has 0 bridgehead atoms. The molecule has 1 atom stereocenters. The lowest BCUT2D eigenvalue weighted by Gasteiger charge is -2.39. The average molecular weight is 890 g/mol. The van der Waals surface area contributed by atoms with E-state index in [2.05, 4.69) is 99.9 Å². The van der Waals surface area contributed by atoms with Crippen LogP contribution in [-0.2, 0) is 29.6 Å². The van der Waals surface area contributed by atoms with Gasteiger partial charge in [-0.3, -0.25) is 9.58 Å². The van der Waals surface area contributed by atoms with Gasteiger partial charge in [0.05, 0.1) is 28.4 Å². The highest BCUT2D eigenvalue weighted by Gasteiger charge is 2.52. The van der Waals surface area contributed by atoms with Crippen molar-refractivity contribution in [1.82, 2.24) is 19.7 Å². The van der Waals surface area contributed by atoms with Gasteiger partial charge in [0.2, 0.25) is 11.8 Å². The lowest BCUT2D eigenvalue weighted by Crippen LogP contribution is -2.49. The summed E-state index contributed by atoms with van der Waals surface area (Å²) in [4.78, 5) is 10.1. The zero-order valence-corrected chi connectivity index (χ0v) is 40.2. The molecule has 66 heavy (non-hydrogen) atoms. The highest BCUT2D eigenvalue weighted by atomic mass is 16.7. The van der Waals surface area contributed by atoms with Gasteiger partial charge in [0.15, 0.2) is 0 Å². The Hall–Kier alpha value is -5.36. The molecule has 2 aromatic heterocycles. The van der Waals surface area contributed by atoms with Gasteiger partial charge in [0.25, 0.3) is 0 Å². The van der Waals surface area contributed by atoms with Crippen molar-refractivity contribution >= 4 is 29.2 Å². The summed E-state index contributed by atoms with van der Waals surface area (Å²) >= 11 is 0. The molecule has 1 aliphatic carbocycles. The second kappa shape index (κ2) is 19.9. The first-order valence-electron chi connectivity index (χ1n) is 24.3. The largest absolute Gasteiger partial charge is 0.495 e. The van der Waals surface area contributed by atoms with Crippen LogP contribution in [0.4, 0.5) is 5.69 Å². The van der Waals surface area contributed by atoms with E-state index in [1.54, 1.807) is 0 Å². The van der Waals surface area contributed by atoms with Gasteiger partial charge >= 0.3 is 7.12 Å². The number of ether oxygens (including phenoxy) is 3. The predicted octanol–water partition coefficient (Wildman–Crippen LogP) is 10.7. The average Bonchev–Trinajstić information content (AvgIpc) is 3.77. The molecule has 2 aliphatic heterocycles. The van der Waals surface area contributed by atoms with E-state index < -0.39 is 0 Å². The maximum absolute atomic E-state index is 6.66. The summed E-state index contributed by atoms with van der Waals surface area (Å²) in [6, 6.07) is 37.9. The Morgan fingerprint density at radius 3 is 2.11 bits per heavy atom. The van der Waals surface area contributed by atoms with Crippen LogP contribution in [-0.4, -0.2) is 76.3 Å². The molecule has 11 heteroatoms. The molecule has 1 saturated carbocycles. The third-order valence-corrected chi connectivity index (χ3v) is 14.8. The van der Waals surface area contributed by atoms with Crippen LogP contribution in [0.1, 0.15) is 96.3 Å². The quantitative estimate of drug-likeness (QED) is 0.0882. The van der Waals surface area contributed by atoms with E-state index in [9.17, 15) is 0 Å². The van der Waals surface area contributed by atoms with Crippen molar-refractivity contribution in [3.8, 4) is 28.8 Å². The lowest BCUT2D eigenvalue weighted by molar-refractivity contribution is 0.00578. The maximum atomic E-state index is 6.66. The van der Waals surface area contributed by atoms with Crippen molar-refractivity contribution in [2.75, 3.05) is 31.1 Å². The molecule has 0 radical (unpaired) electrons. The van der Waals surface area contributed by atoms with E-state index in [4.69, 9.17) is 33.6 Å². The van der Waals surface area contributed by atoms with Crippen molar-refractivity contribution in [1.29, 1.82) is 0 Å². The number of fused-ring (bicyclic) bond motifs is 1. The molecule has 0 N–H and O–H groups in total. The Balaban J connectivity index is 0.757. The topological polar surface area (TPSA) is 83.3 Å². The molecule has 10 nitrogen and oxygen atoms in total. The van der Waals surface area contributed by atoms with Gasteiger partial charge in [-0.15, -0.1) is 0 Å². The molecule has 0 amide bonds. The number of anilines is 1. The fourth-order valence-electron chi connectivity index (χ4n) is 9.90. The number of hydrogen-bond donors (Lipinski definition) is 0. The number of aromatic nitrogens is 3. The molecule has 6 aromatic rings. The van der Waals surface area contributed by atoms with E-state index >= 15 is 0 Å². The molecule has 4 heterocycles. The Bertz CT molecular complexity index is 2530. The molecule has 2 saturated heterocycles. The third kappa shape index (κ3) is 10.3. The van der Waals surface area contributed by atoms with Crippen LogP contribution in [0.5, 0.6) is 17.5 Å². The number of aryl methyl sites for hydroxylation is 1. The van der Waals surface area contributed by atoms with Gasteiger partial charge in [-0.1, -0.05) is 85.6 Å². The van der Waals surface area contributed by atoms with Gasteiger partial charge in [-0.05, 0) is 132 Å². The molecular formula is C55H68BN5O5. The second-order valence-electron chi connectivity index (χ2n) is 19.8. The highest BCUT2D eigenvalue weighted by molar-refractivity contribution is 6.62. The van der Waals surface area contributed by atoms with Crippen LogP contribution in [0, 0.1) is 12.8 Å². The first kappa shape index (κ1) is 45.8. The number of nitrogens with zero attached hydrogens (tertiary/aromatic N) is 5. The van der Waals surface area contributed by atoms with Crippen molar-refractivity contribution in [3.63, 3.8) is 0 Å². The lowest BCUT2D eigenvalue weighted by atomic mass is 9.76. The number of rotatable bonds is 16. The summed E-state index contributed by atoms with van der Waals surface area (Å²) in [5.74, 6) is 2.77. The van der Waals surface area contributed by atoms with E-state index in [1.807, 2.05) is 72.4 Å². The predicted molar refractivity (Wildman–Crippen MR) is 266 cm³/mol. The summed E-state index contributed by atoms with van der Waals surface area (Å²) in [7, 11) is 1.65. The zero-order valence-electron chi connectivity index (χ0n) is 40.2. The Labute approximate surface area is 392 Å². The van der Waals surface area contributed by atoms with E-state index in [-0.39, 0.29) is 24.4 Å². The molecule has 0 spiro atoms. The minimum absolute atomic E-state index is 0.266. The minimum Gasteiger partial charge on any atom is -0.490 e. The molecular weight excluding hydrogens is 821 g/mol. The summed E-state index contributed by atoms with van der Waals surface area (Å²) in [5, 5.41) is 6.11. The second-order valence-corrected chi connectivity index (χ2v) is 19.8. The molecule has 0 unspecified atom stereocenters. The molecule has 3 aliphatic rings. The van der Waals surface area contributed by atoms with Crippen LogP contribution < -0.4 is 24.6 Å². The van der Waals surface area contributed by atoms with Gasteiger partial charge in [0.1, 0.15) is 24.7 Å². The molecule has 9 rings (SSSR count). The molecule has 3 fully saturated rings. The van der Waals surface area contributed by atoms with Gasteiger partial charge in [-0.2, -0.15) is 10.1 Å². The van der Waals surface area contributed by atoms with Crippen LogP contribution in [0.15, 0.2) is 109 Å². The first-order valence-corrected chi connectivity index (χ1v) is 24.3. The van der Waals surface area contributed by atoms with Gasteiger partial charge in [-0.25, -0.2) is 0 Å². The van der Waals surface area contributed by atoms with E-state index in [1.165, 1.54) is 37.8 Å². The van der Waals surface area contributed by atoms with E-state index in [0.717, 1.165) is 95.0 Å². The molecule has 346 valence electrons. The standard InChI is InChI=1S/C55H68BN5O5/c1-39(16-14-21-41-24-27-45(28-25-41)64-50-23-15-22-48(40(50)2)56-65-54(3,4)55(5,6)66-56)60-32-34-61(35-33-60)44-26-29-46-49(36-44)59(7)58-52(46)47-30-31-51(62-37-42-17-10-8-11-18-42)57-53(47)63-38-43-19-12-9-13-20-43/h8-13,15,17-20,22-23,26,29-31,36,39,41,45H,14,16,21,24-25,27-28,32-35,37-38H2,1-7H3/t39-,41?,45?/m0/s1.